The maximum absolute atomic E-state index is 10.8. The van der Waals surface area contributed by atoms with E-state index in [9.17, 15) is 4.79 Å². The molecule has 2 heterocycles. The minimum absolute atomic E-state index is 0.294. The first-order chi connectivity index (χ1) is 8.97. The van der Waals surface area contributed by atoms with Crippen LogP contribution in [0, 0.1) is 19.8 Å². The standard InChI is InChI=1S/C14H22N2O2S/c1-9-14(19-11(3)15-9)10(2)16-6-4-5-12(8-16)7-13(17)18/h10,12H,4-8H2,1-3H3,(H,17,18). The maximum Gasteiger partial charge on any atom is 0.303 e. The molecule has 19 heavy (non-hydrogen) atoms. The molecule has 1 aromatic heterocycles. The summed E-state index contributed by atoms with van der Waals surface area (Å²) >= 11 is 1.76. The number of aryl methyl sites for hydroxylation is 2. The molecule has 1 aromatic rings. The summed E-state index contributed by atoms with van der Waals surface area (Å²) in [6.07, 6.45) is 2.43. The van der Waals surface area contributed by atoms with Crippen molar-refractivity contribution in [2.75, 3.05) is 13.1 Å². The van der Waals surface area contributed by atoms with Gasteiger partial charge in [0.05, 0.1) is 10.7 Å². The van der Waals surface area contributed by atoms with Crippen LogP contribution in [0.15, 0.2) is 0 Å². The van der Waals surface area contributed by atoms with Gasteiger partial charge in [-0.3, -0.25) is 9.69 Å². The van der Waals surface area contributed by atoms with Crippen LogP contribution >= 0.6 is 11.3 Å². The van der Waals surface area contributed by atoms with Gasteiger partial charge in [0.1, 0.15) is 0 Å². The molecule has 1 saturated heterocycles. The molecule has 1 fully saturated rings. The third kappa shape index (κ3) is 3.54. The number of rotatable bonds is 4. The van der Waals surface area contributed by atoms with Gasteiger partial charge in [-0.15, -0.1) is 11.3 Å². The number of hydrogen-bond donors (Lipinski definition) is 1. The Morgan fingerprint density at radius 2 is 2.32 bits per heavy atom. The zero-order chi connectivity index (χ0) is 14.0. The summed E-state index contributed by atoms with van der Waals surface area (Å²) in [5, 5.41) is 10.0. The van der Waals surface area contributed by atoms with Gasteiger partial charge in [0, 0.05) is 23.9 Å². The molecule has 0 aromatic carbocycles. The van der Waals surface area contributed by atoms with E-state index >= 15 is 0 Å². The minimum atomic E-state index is -0.677. The average molecular weight is 282 g/mol. The Bertz CT molecular complexity index is 458. The van der Waals surface area contributed by atoms with E-state index in [1.807, 2.05) is 6.92 Å². The third-order valence-corrected chi connectivity index (χ3v) is 5.12. The summed E-state index contributed by atoms with van der Waals surface area (Å²) < 4.78 is 0. The Morgan fingerprint density at radius 3 is 2.89 bits per heavy atom. The Hall–Kier alpha value is -0.940. The predicted octanol–water partition coefficient (Wildman–Crippen LogP) is 3.01. The zero-order valence-electron chi connectivity index (χ0n) is 11.8. The summed E-state index contributed by atoms with van der Waals surface area (Å²) in [7, 11) is 0. The minimum Gasteiger partial charge on any atom is -0.481 e. The normalized spacial score (nSPS) is 22.4. The van der Waals surface area contributed by atoms with E-state index < -0.39 is 5.97 Å². The van der Waals surface area contributed by atoms with Crippen LogP contribution < -0.4 is 0 Å². The van der Waals surface area contributed by atoms with E-state index in [1.54, 1.807) is 11.3 Å². The number of aromatic nitrogens is 1. The molecule has 0 spiro atoms. The molecule has 2 rings (SSSR count). The van der Waals surface area contributed by atoms with Gasteiger partial charge in [0.25, 0.3) is 0 Å². The first kappa shape index (κ1) is 14.5. The van der Waals surface area contributed by atoms with Crippen molar-refractivity contribution < 1.29 is 9.90 Å². The first-order valence-electron chi connectivity index (χ1n) is 6.87. The van der Waals surface area contributed by atoms with Crippen molar-refractivity contribution in [3.63, 3.8) is 0 Å². The van der Waals surface area contributed by atoms with Gasteiger partial charge < -0.3 is 5.11 Å². The molecule has 106 valence electrons. The van der Waals surface area contributed by atoms with Gasteiger partial charge in [-0.2, -0.15) is 0 Å². The molecular formula is C14H22N2O2S. The number of thiazole rings is 1. The number of carbonyl (C=O) groups is 1. The Labute approximate surface area is 118 Å². The van der Waals surface area contributed by atoms with Crippen LogP contribution in [0.1, 0.15) is 47.8 Å². The fourth-order valence-corrected chi connectivity index (χ4v) is 3.98. The largest absolute Gasteiger partial charge is 0.481 e. The molecule has 0 amide bonds. The highest BCUT2D eigenvalue weighted by Crippen LogP contribution is 2.32. The molecule has 5 heteroatoms. The number of aliphatic carboxylic acids is 1. The van der Waals surface area contributed by atoms with Crippen molar-refractivity contribution in [3.05, 3.63) is 15.6 Å². The maximum atomic E-state index is 10.8. The van der Waals surface area contributed by atoms with Crippen molar-refractivity contribution in [1.29, 1.82) is 0 Å². The van der Waals surface area contributed by atoms with E-state index in [0.29, 0.717) is 18.4 Å². The molecule has 1 N–H and O–H groups in total. The number of likely N-dealkylation sites (tertiary alicyclic amines) is 1. The second-order valence-electron chi connectivity index (χ2n) is 5.46. The SMILES string of the molecule is Cc1nc(C)c(C(C)N2CCCC(CC(=O)O)C2)s1. The summed E-state index contributed by atoms with van der Waals surface area (Å²) in [4.78, 5) is 19.1. The quantitative estimate of drug-likeness (QED) is 0.922. The fourth-order valence-electron chi connectivity index (χ4n) is 2.96. The van der Waals surface area contributed by atoms with Gasteiger partial charge in [-0.05, 0) is 46.1 Å². The lowest BCUT2D eigenvalue weighted by Gasteiger charge is -2.36. The van der Waals surface area contributed by atoms with E-state index in [1.165, 1.54) is 4.88 Å². The summed E-state index contributed by atoms with van der Waals surface area (Å²) in [5.41, 5.74) is 1.12. The van der Waals surface area contributed by atoms with Gasteiger partial charge in [0.2, 0.25) is 0 Å². The van der Waals surface area contributed by atoms with E-state index in [0.717, 1.165) is 36.6 Å². The molecule has 0 bridgehead atoms. The molecule has 4 nitrogen and oxygen atoms in total. The average Bonchev–Trinajstić information content (AvgIpc) is 2.67. The molecule has 0 saturated carbocycles. The lowest BCUT2D eigenvalue weighted by Crippen LogP contribution is -2.37. The number of piperidine rings is 1. The zero-order valence-corrected chi connectivity index (χ0v) is 12.7. The van der Waals surface area contributed by atoms with Crippen LogP contribution in [0.3, 0.4) is 0 Å². The van der Waals surface area contributed by atoms with Crippen molar-refractivity contribution in [2.45, 2.75) is 46.1 Å². The molecule has 2 unspecified atom stereocenters. The number of hydrogen-bond acceptors (Lipinski definition) is 4. The van der Waals surface area contributed by atoms with Crippen LogP contribution in [0.2, 0.25) is 0 Å². The Balaban J connectivity index is 2.04. The van der Waals surface area contributed by atoms with Gasteiger partial charge in [0.15, 0.2) is 0 Å². The molecule has 0 aliphatic carbocycles. The van der Waals surface area contributed by atoms with Crippen LogP contribution in [-0.4, -0.2) is 34.0 Å². The van der Waals surface area contributed by atoms with E-state index in [2.05, 4.69) is 23.7 Å². The monoisotopic (exact) mass is 282 g/mol. The van der Waals surface area contributed by atoms with Crippen LogP contribution in [-0.2, 0) is 4.79 Å². The highest BCUT2D eigenvalue weighted by atomic mass is 32.1. The highest BCUT2D eigenvalue weighted by molar-refractivity contribution is 7.11. The van der Waals surface area contributed by atoms with Crippen LogP contribution in [0.4, 0.5) is 0 Å². The predicted molar refractivity (Wildman–Crippen MR) is 76.6 cm³/mol. The van der Waals surface area contributed by atoms with Crippen LogP contribution in [0.25, 0.3) is 0 Å². The molecule has 0 radical (unpaired) electrons. The second-order valence-corrected chi connectivity index (χ2v) is 6.69. The third-order valence-electron chi connectivity index (χ3n) is 3.88. The van der Waals surface area contributed by atoms with Crippen molar-refractivity contribution in [2.24, 2.45) is 5.92 Å². The molecule has 1 aliphatic heterocycles. The van der Waals surface area contributed by atoms with Gasteiger partial charge in [-0.1, -0.05) is 0 Å². The molecular weight excluding hydrogens is 260 g/mol. The summed E-state index contributed by atoms with van der Waals surface area (Å²) in [6.45, 7) is 8.27. The summed E-state index contributed by atoms with van der Waals surface area (Å²) in [5.74, 6) is -0.382. The van der Waals surface area contributed by atoms with Gasteiger partial charge >= 0.3 is 5.97 Å². The second kappa shape index (κ2) is 6.01. The smallest absolute Gasteiger partial charge is 0.303 e. The van der Waals surface area contributed by atoms with E-state index in [4.69, 9.17) is 5.11 Å². The summed E-state index contributed by atoms with van der Waals surface area (Å²) in [6, 6.07) is 0.350. The lowest BCUT2D eigenvalue weighted by atomic mass is 9.93. The number of carboxylic acid groups (broad SMARTS) is 1. The highest BCUT2D eigenvalue weighted by Gasteiger charge is 2.27. The fraction of sp³-hybridized carbons (Fsp3) is 0.714. The number of carboxylic acids is 1. The lowest BCUT2D eigenvalue weighted by molar-refractivity contribution is -0.138. The Morgan fingerprint density at radius 1 is 1.58 bits per heavy atom. The van der Waals surface area contributed by atoms with E-state index in [-0.39, 0.29) is 0 Å². The number of nitrogens with zero attached hydrogens (tertiary/aromatic N) is 2. The van der Waals surface area contributed by atoms with Crippen molar-refractivity contribution in [3.8, 4) is 0 Å². The first-order valence-corrected chi connectivity index (χ1v) is 7.68. The Kier molecular flexibility index (Phi) is 4.58. The topological polar surface area (TPSA) is 53.4 Å². The molecule has 1 aliphatic rings. The molecule has 2 atom stereocenters. The van der Waals surface area contributed by atoms with Crippen LogP contribution in [0.5, 0.6) is 0 Å². The van der Waals surface area contributed by atoms with Crippen molar-refractivity contribution >= 4 is 17.3 Å². The van der Waals surface area contributed by atoms with Crippen molar-refractivity contribution in [1.82, 2.24) is 9.88 Å². The van der Waals surface area contributed by atoms with Gasteiger partial charge in [-0.25, -0.2) is 4.98 Å².